The van der Waals surface area contributed by atoms with E-state index in [0.29, 0.717) is 24.8 Å². The lowest BCUT2D eigenvalue weighted by molar-refractivity contribution is 0.0818. The Labute approximate surface area is 170 Å². The Morgan fingerprint density at radius 3 is 2.50 bits per heavy atom. The molecule has 0 aliphatic rings. The van der Waals surface area contributed by atoms with Crippen LogP contribution >= 0.6 is 24.0 Å². The molecule has 4 nitrogen and oxygen atoms in total. The molecule has 2 aromatic carbocycles. The van der Waals surface area contributed by atoms with Crippen molar-refractivity contribution in [2.75, 3.05) is 13.7 Å². The van der Waals surface area contributed by atoms with Gasteiger partial charge in [0.25, 0.3) is 6.43 Å². The second-order valence-electron chi connectivity index (χ2n) is 5.56. The van der Waals surface area contributed by atoms with Gasteiger partial charge in [0.2, 0.25) is 0 Å². The van der Waals surface area contributed by atoms with Crippen LogP contribution < -0.4 is 15.4 Å². The van der Waals surface area contributed by atoms with Crippen LogP contribution in [0.2, 0.25) is 0 Å². The van der Waals surface area contributed by atoms with Gasteiger partial charge in [-0.05, 0) is 35.7 Å². The number of aliphatic imine (C=N–C) groups is 1. The van der Waals surface area contributed by atoms with Gasteiger partial charge < -0.3 is 15.4 Å². The van der Waals surface area contributed by atoms with Crippen molar-refractivity contribution in [1.29, 1.82) is 0 Å². The molecule has 0 bridgehead atoms. The van der Waals surface area contributed by atoms with Gasteiger partial charge in [0.05, 0.1) is 0 Å². The van der Waals surface area contributed by atoms with Gasteiger partial charge >= 0.3 is 0 Å². The summed E-state index contributed by atoms with van der Waals surface area (Å²) in [6.45, 7) is 2.65. The first-order valence-corrected chi connectivity index (χ1v) is 8.07. The maximum Gasteiger partial charge on any atom is 0.272 e. The molecular weight excluding hydrogens is 451 g/mol. The second-order valence-corrected chi connectivity index (χ2v) is 5.56. The van der Waals surface area contributed by atoms with E-state index in [2.05, 4.69) is 34.7 Å². The van der Waals surface area contributed by atoms with Crippen LogP contribution in [0.25, 0.3) is 0 Å². The van der Waals surface area contributed by atoms with Gasteiger partial charge in [-0.25, -0.2) is 8.78 Å². The number of benzene rings is 2. The van der Waals surface area contributed by atoms with E-state index in [-0.39, 0.29) is 24.0 Å². The van der Waals surface area contributed by atoms with E-state index in [9.17, 15) is 8.78 Å². The molecule has 0 radical (unpaired) electrons. The Morgan fingerprint density at radius 2 is 1.81 bits per heavy atom. The van der Waals surface area contributed by atoms with Crippen LogP contribution in [0.5, 0.6) is 5.75 Å². The number of halogens is 3. The number of nitrogens with one attached hydrogen (secondary N) is 2. The van der Waals surface area contributed by atoms with Crippen molar-refractivity contribution in [2.45, 2.75) is 26.4 Å². The third-order valence-electron chi connectivity index (χ3n) is 3.67. The molecule has 0 amide bonds. The maximum absolute atomic E-state index is 12.2. The largest absolute Gasteiger partial charge is 0.488 e. The van der Waals surface area contributed by atoms with Crippen LogP contribution in [0.1, 0.15) is 16.7 Å². The molecule has 0 heterocycles. The molecule has 2 aromatic rings. The first-order valence-electron chi connectivity index (χ1n) is 8.07. The van der Waals surface area contributed by atoms with Gasteiger partial charge in [0, 0.05) is 20.1 Å². The van der Waals surface area contributed by atoms with Crippen LogP contribution in [-0.2, 0) is 13.1 Å². The third kappa shape index (κ3) is 7.55. The Bertz CT molecular complexity index is 711. The molecule has 0 saturated carbocycles. The van der Waals surface area contributed by atoms with E-state index >= 15 is 0 Å². The Kier molecular flexibility index (Phi) is 9.93. The number of ether oxygens (including phenoxy) is 1. The molecule has 2 N–H and O–H groups in total. The molecule has 26 heavy (non-hydrogen) atoms. The average molecular weight is 475 g/mol. The summed E-state index contributed by atoms with van der Waals surface area (Å²) in [6.07, 6.45) is -2.48. The zero-order valence-electron chi connectivity index (χ0n) is 14.8. The number of hydrogen-bond donors (Lipinski definition) is 2. The van der Waals surface area contributed by atoms with Crippen LogP contribution in [0.15, 0.2) is 53.5 Å². The standard InChI is InChI=1S/C19H23F2N3O.HI/c1-14-6-3-4-8-16(14)12-24-19(22-2)23-11-15-7-5-9-17(10-15)25-13-18(20)21;/h3-10,18H,11-13H2,1-2H3,(H2,22,23,24);1H. The van der Waals surface area contributed by atoms with E-state index in [1.807, 2.05) is 18.2 Å². The predicted molar refractivity (Wildman–Crippen MR) is 112 cm³/mol. The van der Waals surface area contributed by atoms with Gasteiger partial charge in [-0.3, -0.25) is 4.99 Å². The zero-order valence-corrected chi connectivity index (χ0v) is 17.2. The molecule has 0 aromatic heterocycles. The van der Waals surface area contributed by atoms with Crippen molar-refractivity contribution >= 4 is 29.9 Å². The molecule has 0 saturated heterocycles. The molecule has 0 fully saturated rings. The fourth-order valence-corrected chi connectivity index (χ4v) is 2.30. The fourth-order valence-electron chi connectivity index (χ4n) is 2.30. The van der Waals surface area contributed by atoms with Crippen molar-refractivity contribution in [1.82, 2.24) is 10.6 Å². The number of alkyl halides is 2. The van der Waals surface area contributed by atoms with Crippen molar-refractivity contribution in [3.05, 3.63) is 65.2 Å². The van der Waals surface area contributed by atoms with Crippen molar-refractivity contribution in [3.63, 3.8) is 0 Å². The highest BCUT2D eigenvalue weighted by Gasteiger charge is 2.05. The van der Waals surface area contributed by atoms with Crippen LogP contribution in [0, 0.1) is 6.92 Å². The summed E-state index contributed by atoms with van der Waals surface area (Å²) >= 11 is 0. The van der Waals surface area contributed by atoms with Gasteiger partial charge in [-0.1, -0.05) is 36.4 Å². The first kappa shape index (κ1) is 22.1. The molecule has 0 aliphatic heterocycles. The third-order valence-corrected chi connectivity index (χ3v) is 3.67. The predicted octanol–water partition coefficient (Wildman–Crippen LogP) is 4.12. The Morgan fingerprint density at radius 1 is 1.08 bits per heavy atom. The molecule has 142 valence electrons. The van der Waals surface area contributed by atoms with Crippen molar-refractivity contribution in [3.8, 4) is 5.75 Å². The fraction of sp³-hybridized carbons (Fsp3) is 0.316. The minimum Gasteiger partial charge on any atom is -0.488 e. The van der Waals surface area contributed by atoms with Crippen LogP contribution in [0.4, 0.5) is 8.78 Å². The highest BCUT2D eigenvalue weighted by atomic mass is 127. The van der Waals surface area contributed by atoms with E-state index < -0.39 is 13.0 Å². The van der Waals surface area contributed by atoms with E-state index in [1.54, 1.807) is 25.2 Å². The van der Waals surface area contributed by atoms with Crippen molar-refractivity contribution in [2.24, 2.45) is 4.99 Å². The van der Waals surface area contributed by atoms with Crippen LogP contribution in [0.3, 0.4) is 0 Å². The molecule has 0 aliphatic carbocycles. The number of hydrogen-bond acceptors (Lipinski definition) is 2. The topological polar surface area (TPSA) is 45.7 Å². The number of rotatable bonds is 7. The first-order chi connectivity index (χ1) is 12.1. The van der Waals surface area contributed by atoms with Gasteiger partial charge in [-0.15, -0.1) is 24.0 Å². The summed E-state index contributed by atoms with van der Waals surface area (Å²) < 4.78 is 29.5. The van der Waals surface area contributed by atoms with Gasteiger partial charge in [0.1, 0.15) is 12.4 Å². The Balaban J connectivity index is 0.00000338. The molecule has 7 heteroatoms. The molecule has 2 rings (SSSR count). The van der Waals surface area contributed by atoms with E-state index in [0.717, 1.165) is 5.56 Å². The number of aryl methyl sites for hydroxylation is 1. The highest BCUT2D eigenvalue weighted by Crippen LogP contribution is 2.14. The van der Waals surface area contributed by atoms with Gasteiger partial charge in [-0.2, -0.15) is 0 Å². The van der Waals surface area contributed by atoms with E-state index in [1.165, 1.54) is 11.1 Å². The molecular formula is C19H24F2IN3O. The second kappa shape index (κ2) is 11.7. The van der Waals surface area contributed by atoms with Gasteiger partial charge in [0.15, 0.2) is 5.96 Å². The smallest absolute Gasteiger partial charge is 0.272 e. The zero-order chi connectivity index (χ0) is 18.1. The Hall–Kier alpha value is -1.90. The summed E-state index contributed by atoms with van der Waals surface area (Å²) in [6, 6.07) is 15.2. The monoisotopic (exact) mass is 475 g/mol. The minimum absolute atomic E-state index is 0. The molecule has 0 atom stereocenters. The highest BCUT2D eigenvalue weighted by molar-refractivity contribution is 14.0. The molecule has 0 unspecified atom stereocenters. The number of guanidine groups is 1. The normalized spacial score (nSPS) is 11.0. The minimum atomic E-state index is -2.48. The van der Waals surface area contributed by atoms with Crippen molar-refractivity contribution < 1.29 is 13.5 Å². The quantitative estimate of drug-likeness (QED) is 0.360. The summed E-state index contributed by atoms with van der Waals surface area (Å²) in [5.74, 6) is 1.10. The molecule has 0 spiro atoms. The number of nitrogens with zero attached hydrogens (tertiary/aromatic N) is 1. The lowest BCUT2D eigenvalue weighted by Gasteiger charge is -2.14. The SMILES string of the molecule is CN=C(NCc1cccc(OCC(F)F)c1)NCc1ccccc1C.I. The summed E-state index contributed by atoms with van der Waals surface area (Å²) in [7, 11) is 1.70. The summed E-state index contributed by atoms with van der Waals surface area (Å²) in [4.78, 5) is 4.19. The summed E-state index contributed by atoms with van der Waals surface area (Å²) in [5, 5.41) is 6.46. The lowest BCUT2D eigenvalue weighted by Crippen LogP contribution is -2.36. The summed E-state index contributed by atoms with van der Waals surface area (Å²) in [5.41, 5.74) is 3.34. The van der Waals surface area contributed by atoms with E-state index in [4.69, 9.17) is 4.74 Å². The maximum atomic E-state index is 12.2. The van der Waals surface area contributed by atoms with Crippen LogP contribution in [-0.4, -0.2) is 26.0 Å². The lowest BCUT2D eigenvalue weighted by atomic mass is 10.1. The average Bonchev–Trinajstić information content (AvgIpc) is 2.62.